The van der Waals surface area contributed by atoms with E-state index >= 15 is 0 Å². The van der Waals surface area contributed by atoms with E-state index in [0.29, 0.717) is 0 Å². The molecule has 0 saturated heterocycles. The van der Waals surface area contributed by atoms with Gasteiger partial charge < -0.3 is 5.21 Å². The normalized spacial score (nSPS) is 13.5. The van der Waals surface area contributed by atoms with Gasteiger partial charge in [-0.2, -0.15) is 18.4 Å². The summed E-state index contributed by atoms with van der Waals surface area (Å²) < 4.78 is 23.5. The fraction of sp³-hybridized carbons (Fsp3) is 0.200. The van der Waals surface area contributed by atoms with E-state index in [2.05, 4.69) is 15.1 Å². The van der Waals surface area contributed by atoms with E-state index in [1.54, 1.807) is 18.2 Å². The molecule has 2 N–H and O–H groups in total. The molecule has 0 aliphatic carbocycles. The van der Waals surface area contributed by atoms with Crippen molar-refractivity contribution < 1.29 is 13.6 Å². The van der Waals surface area contributed by atoms with Crippen molar-refractivity contribution in [3.8, 4) is 0 Å². The highest BCUT2D eigenvalue weighted by atomic mass is 32.2. The number of nitrogens with zero attached hydrogens (tertiary/aromatic N) is 2. The van der Waals surface area contributed by atoms with Crippen LogP contribution < -0.4 is 4.83 Å². The summed E-state index contributed by atoms with van der Waals surface area (Å²) in [4.78, 5) is 2.18. The summed E-state index contributed by atoms with van der Waals surface area (Å²) in [7, 11) is -3.67. The molecular weight excluding hydrogens is 242 g/mol. The second kappa shape index (κ2) is 5.44. The number of sulfonamides is 1. The van der Waals surface area contributed by atoms with Gasteiger partial charge >= 0.3 is 0 Å². The molecule has 0 aromatic heterocycles. The predicted molar refractivity (Wildman–Crippen MR) is 64.8 cm³/mol. The molecule has 0 amide bonds. The Morgan fingerprint density at radius 2 is 1.76 bits per heavy atom. The lowest BCUT2D eigenvalue weighted by molar-refractivity contribution is 0.320. The molecule has 0 radical (unpaired) electrons. The van der Waals surface area contributed by atoms with Crippen molar-refractivity contribution in [3.63, 3.8) is 0 Å². The highest BCUT2D eigenvalue weighted by Crippen LogP contribution is 2.06. The number of hydrazone groups is 1. The van der Waals surface area contributed by atoms with Gasteiger partial charge in [0.05, 0.1) is 16.3 Å². The zero-order valence-electron chi connectivity index (χ0n) is 9.45. The van der Waals surface area contributed by atoms with Gasteiger partial charge in [-0.1, -0.05) is 23.4 Å². The van der Waals surface area contributed by atoms with Crippen LogP contribution in [0.4, 0.5) is 0 Å². The first-order chi connectivity index (χ1) is 7.97. The van der Waals surface area contributed by atoms with E-state index in [0.717, 1.165) is 0 Å². The average molecular weight is 255 g/mol. The lowest BCUT2D eigenvalue weighted by Crippen LogP contribution is -2.21. The first kappa shape index (κ1) is 13.2. The Balaban J connectivity index is 2.90. The van der Waals surface area contributed by atoms with Crippen LogP contribution in [-0.2, 0) is 10.0 Å². The molecule has 0 atom stereocenters. The van der Waals surface area contributed by atoms with Crippen LogP contribution in [0.5, 0.6) is 0 Å². The van der Waals surface area contributed by atoms with Gasteiger partial charge in [0, 0.05) is 0 Å². The highest BCUT2D eigenvalue weighted by molar-refractivity contribution is 7.89. The predicted octanol–water partition coefficient (Wildman–Crippen LogP) is 1.19. The van der Waals surface area contributed by atoms with E-state index in [4.69, 9.17) is 5.21 Å². The summed E-state index contributed by atoms with van der Waals surface area (Å²) in [5, 5.41) is 15.0. The fourth-order valence-corrected chi connectivity index (χ4v) is 1.81. The average Bonchev–Trinajstić information content (AvgIpc) is 2.36. The Labute approximate surface area is 99.7 Å². The van der Waals surface area contributed by atoms with Gasteiger partial charge in [-0.3, -0.25) is 0 Å². The van der Waals surface area contributed by atoms with E-state index in [9.17, 15) is 8.42 Å². The van der Waals surface area contributed by atoms with Gasteiger partial charge in [0.15, 0.2) is 0 Å². The maximum atomic E-state index is 11.7. The molecule has 17 heavy (non-hydrogen) atoms. The van der Waals surface area contributed by atoms with Gasteiger partial charge in [-0.15, -0.1) is 0 Å². The SMILES string of the molecule is CC(=N\O)/C(C)=N/NS(=O)(=O)c1ccccc1. The Morgan fingerprint density at radius 1 is 1.18 bits per heavy atom. The Kier molecular flexibility index (Phi) is 4.22. The molecule has 0 fully saturated rings. The first-order valence-corrected chi connectivity index (χ1v) is 6.26. The Morgan fingerprint density at radius 3 is 2.29 bits per heavy atom. The monoisotopic (exact) mass is 255 g/mol. The topological polar surface area (TPSA) is 91.1 Å². The third-order valence-electron chi connectivity index (χ3n) is 2.06. The third kappa shape index (κ3) is 3.56. The summed E-state index contributed by atoms with van der Waals surface area (Å²) in [6.07, 6.45) is 0. The number of oxime groups is 1. The van der Waals surface area contributed by atoms with Crippen molar-refractivity contribution in [3.05, 3.63) is 30.3 Å². The minimum Gasteiger partial charge on any atom is -0.411 e. The molecule has 0 aliphatic rings. The van der Waals surface area contributed by atoms with Crippen LogP contribution >= 0.6 is 0 Å². The smallest absolute Gasteiger partial charge is 0.276 e. The fourth-order valence-electron chi connectivity index (χ4n) is 0.934. The lowest BCUT2D eigenvalue weighted by atomic mass is 10.3. The minimum atomic E-state index is -3.67. The minimum absolute atomic E-state index is 0.121. The molecule has 0 saturated carbocycles. The summed E-state index contributed by atoms with van der Waals surface area (Å²) >= 11 is 0. The van der Waals surface area contributed by atoms with Crippen molar-refractivity contribution in [1.29, 1.82) is 0 Å². The van der Waals surface area contributed by atoms with Crippen LogP contribution in [0.3, 0.4) is 0 Å². The van der Waals surface area contributed by atoms with Gasteiger partial charge in [0.25, 0.3) is 10.0 Å². The van der Waals surface area contributed by atoms with Crippen molar-refractivity contribution in [2.75, 3.05) is 0 Å². The molecule has 7 heteroatoms. The summed E-state index contributed by atoms with van der Waals surface area (Å²) in [5.74, 6) is 0. The zero-order valence-corrected chi connectivity index (χ0v) is 10.3. The van der Waals surface area contributed by atoms with Crippen molar-refractivity contribution >= 4 is 21.4 Å². The second-order valence-corrected chi connectivity index (χ2v) is 4.95. The number of benzene rings is 1. The van der Waals surface area contributed by atoms with E-state index < -0.39 is 10.0 Å². The number of rotatable bonds is 4. The molecule has 0 bridgehead atoms. The standard InChI is InChI=1S/C10H13N3O3S/c1-8(9(2)12-14)11-13-17(15,16)10-6-4-3-5-7-10/h3-7,13-14H,1-2H3/b11-8+,12-9+. The molecule has 92 valence electrons. The molecule has 1 rings (SSSR count). The molecular formula is C10H13N3O3S. The van der Waals surface area contributed by atoms with Crippen LogP contribution in [-0.4, -0.2) is 25.0 Å². The maximum absolute atomic E-state index is 11.7. The van der Waals surface area contributed by atoms with Gasteiger partial charge in [0.2, 0.25) is 0 Å². The Bertz CT molecular complexity index is 535. The number of nitrogens with one attached hydrogen (secondary N) is 1. The van der Waals surface area contributed by atoms with Crippen LogP contribution in [0.2, 0.25) is 0 Å². The van der Waals surface area contributed by atoms with Crippen molar-refractivity contribution in [2.24, 2.45) is 10.3 Å². The van der Waals surface area contributed by atoms with Gasteiger partial charge in [-0.05, 0) is 26.0 Å². The van der Waals surface area contributed by atoms with Crippen LogP contribution in [0, 0.1) is 0 Å². The molecule has 0 aliphatic heterocycles. The molecule has 6 nitrogen and oxygen atoms in total. The third-order valence-corrected chi connectivity index (χ3v) is 3.29. The molecule has 1 aromatic rings. The van der Waals surface area contributed by atoms with Crippen LogP contribution in [0.15, 0.2) is 45.5 Å². The first-order valence-electron chi connectivity index (χ1n) is 4.77. The van der Waals surface area contributed by atoms with Gasteiger partial charge in [0.1, 0.15) is 0 Å². The molecule has 0 unspecified atom stereocenters. The van der Waals surface area contributed by atoms with Gasteiger partial charge in [-0.25, -0.2) is 0 Å². The summed E-state index contributed by atoms with van der Waals surface area (Å²) in [6.45, 7) is 3.04. The molecule has 0 heterocycles. The second-order valence-electron chi connectivity index (χ2n) is 3.29. The molecule has 0 spiro atoms. The number of hydrogen-bond acceptors (Lipinski definition) is 5. The van der Waals surface area contributed by atoms with E-state index in [1.807, 2.05) is 0 Å². The maximum Gasteiger partial charge on any atom is 0.276 e. The largest absolute Gasteiger partial charge is 0.411 e. The highest BCUT2D eigenvalue weighted by Gasteiger charge is 2.11. The lowest BCUT2D eigenvalue weighted by Gasteiger charge is -2.04. The number of hydrogen-bond donors (Lipinski definition) is 2. The van der Waals surface area contributed by atoms with Crippen LogP contribution in [0.1, 0.15) is 13.8 Å². The summed E-state index contributed by atoms with van der Waals surface area (Å²) in [5.41, 5.74) is 0.521. The van der Waals surface area contributed by atoms with Crippen molar-refractivity contribution in [2.45, 2.75) is 18.7 Å². The zero-order chi connectivity index (χ0) is 12.9. The van der Waals surface area contributed by atoms with Crippen molar-refractivity contribution in [1.82, 2.24) is 4.83 Å². The Hall–Kier alpha value is -1.89. The quantitative estimate of drug-likeness (QED) is 0.481. The van der Waals surface area contributed by atoms with E-state index in [1.165, 1.54) is 26.0 Å². The van der Waals surface area contributed by atoms with E-state index in [-0.39, 0.29) is 16.3 Å². The molecule has 1 aromatic carbocycles. The van der Waals surface area contributed by atoms with Crippen LogP contribution in [0.25, 0.3) is 0 Å². The summed E-state index contributed by atoms with van der Waals surface area (Å²) in [6, 6.07) is 7.87.